The highest BCUT2D eigenvalue weighted by Gasteiger charge is 2.35. The van der Waals surface area contributed by atoms with Crippen LogP contribution in [-0.2, 0) is 11.0 Å². The number of carbonyl (C=O) groups excluding carboxylic acids is 1. The average molecular weight is 452 g/mol. The second kappa shape index (κ2) is 8.03. The maximum absolute atomic E-state index is 13.6. The molecule has 0 bridgehead atoms. The van der Waals surface area contributed by atoms with Crippen molar-refractivity contribution in [2.75, 3.05) is 5.32 Å². The Hall–Kier alpha value is -3.68. The lowest BCUT2D eigenvalue weighted by Crippen LogP contribution is -2.28. The van der Waals surface area contributed by atoms with Gasteiger partial charge in [0.2, 0.25) is 5.91 Å². The Morgan fingerprint density at radius 3 is 2.36 bits per heavy atom. The summed E-state index contributed by atoms with van der Waals surface area (Å²) in [5.74, 6) is -0.510. The van der Waals surface area contributed by atoms with Gasteiger partial charge in [-0.2, -0.15) is 18.3 Å². The standard InChI is InChI=1S/C25H23F3N4O/c1-15-7-5-6-8-17(15)19-11-12-22-29-21(14-32(22)31-19)16-9-10-18(25(26,27)28)20(13-16)30-23(33)24(2,3)4/h5-14H,1-4H3,(H,30,33). The maximum Gasteiger partial charge on any atom is 0.418 e. The lowest BCUT2D eigenvalue weighted by atomic mass is 9.95. The smallest absolute Gasteiger partial charge is 0.325 e. The van der Waals surface area contributed by atoms with E-state index in [2.05, 4.69) is 15.4 Å². The van der Waals surface area contributed by atoms with Gasteiger partial charge < -0.3 is 5.32 Å². The summed E-state index contributed by atoms with van der Waals surface area (Å²) in [5, 5.41) is 7.05. The molecule has 33 heavy (non-hydrogen) atoms. The Morgan fingerprint density at radius 1 is 0.970 bits per heavy atom. The summed E-state index contributed by atoms with van der Waals surface area (Å²) in [6, 6.07) is 15.1. The van der Waals surface area contributed by atoms with Crippen molar-refractivity contribution in [3.63, 3.8) is 0 Å². The van der Waals surface area contributed by atoms with E-state index >= 15 is 0 Å². The predicted molar refractivity (Wildman–Crippen MR) is 122 cm³/mol. The molecule has 4 rings (SSSR count). The van der Waals surface area contributed by atoms with Crippen LogP contribution in [0.3, 0.4) is 0 Å². The zero-order valence-corrected chi connectivity index (χ0v) is 18.7. The van der Waals surface area contributed by atoms with E-state index in [1.54, 1.807) is 31.5 Å². The van der Waals surface area contributed by atoms with E-state index in [4.69, 9.17) is 0 Å². The number of fused-ring (bicyclic) bond motifs is 1. The van der Waals surface area contributed by atoms with E-state index in [0.29, 0.717) is 16.9 Å². The van der Waals surface area contributed by atoms with E-state index < -0.39 is 23.1 Å². The molecule has 0 radical (unpaired) electrons. The van der Waals surface area contributed by atoms with Crippen LogP contribution in [0, 0.1) is 12.3 Å². The van der Waals surface area contributed by atoms with Crippen LogP contribution in [0.15, 0.2) is 60.8 Å². The zero-order valence-electron chi connectivity index (χ0n) is 18.7. The Kier molecular flexibility index (Phi) is 5.47. The largest absolute Gasteiger partial charge is 0.418 e. The predicted octanol–water partition coefficient (Wildman–Crippen LogP) is 6.38. The summed E-state index contributed by atoms with van der Waals surface area (Å²) in [5.41, 5.74) is 2.20. The van der Waals surface area contributed by atoms with Gasteiger partial charge in [-0.05, 0) is 36.8 Å². The van der Waals surface area contributed by atoms with Crippen molar-refractivity contribution in [2.45, 2.75) is 33.9 Å². The fraction of sp³-hybridized carbons (Fsp3) is 0.240. The maximum atomic E-state index is 13.6. The highest BCUT2D eigenvalue weighted by molar-refractivity contribution is 5.96. The van der Waals surface area contributed by atoms with Gasteiger partial charge in [0.15, 0.2) is 5.65 Å². The highest BCUT2D eigenvalue weighted by Crippen LogP contribution is 2.38. The summed E-state index contributed by atoms with van der Waals surface area (Å²) >= 11 is 0. The molecule has 0 aliphatic carbocycles. The normalized spacial score (nSPS) is 12.2. The van der Waals surface area contributed by atoms with Gasteiger partial charge in [0.1, 0.15) is 0 Å². The van der Waals surface area contributed by atoms with Gasteiger partial charge in [-0.15, -0.1) is 0 Å². The van der Waals surface area contributed by atoms with Crippen LogP contribution in [0.5, 0.6) is 0 Å². The van der Waals surface area contributed by atoms with Gasteiger partial charge >= 0.3 is 6.18 Å². The minimum Gasteiger partial charge on any atom is -0.325 e. The molecule has 1 amide bonds. The van der Waals surface area contributed by atoms with Gasteiger partial charge in [0.05, 0.1) is 28.8 Å². The van der Waals surface area contributed by atoms with Gasteiger partial charge in [-0.25, -0.2) is 9.50 Å². The van der Waals surface area contributed by atoms with Crippen molar-refractivity contribution in [3.05, 3.63) is 71.9 Å². The summed E-state index contributed by atoms with van der Waals surface area (Å²) in [7, 11) is 0. The molecule has 0 spiro atoms. The highest BCUT2D eigenvalue weighted by atomic mass is 19.4. The fourth-order valence-electron chi connectivity index (χ4n) is 3.39. The quantitative estimate of drug-likeness (QED) is 0.393. The number of alkyl halides is 3. The molecule has 170 valence electrons. The molecule has 0 saturated heterocycles. The number of aryl methyl sites for hydroxylation is 1. The van der Waals surface area contributed by atoms with Crippen LogP contribution in [0.1, 0.15) is 31.9 Å². The summed E-state index contributed by atoms with van der Waals surface area (Å²) in [4.78, 5) is 16.9. The van der Waals surface area contributed by atoms with Gasteiger partial charge in [-0.3, -0.25) is 4.79 Å². The first-order valence-corrected chi connectivity index (χ1v) is 10.4. The number of carbonyl (C=O) groups is 1. The number of nitrogens with one attached hydrogen (secondary N) is 1. The van der Waals surface area contributed by atoms with Crippen LogP contribution in [0.4, 0.5) is 18.9 Å². The molecule has 2 aromatic heterocycles. The number of anilines is 1. The number of hydrogen-bond acceptors (Lipinski definition) is 3. The lowest BCUT2D eigenvalue weighted by molar-refractivity contribution is -0.137. The lowest BCUT2D eigenvalue weighted by Gasteiger charge is -2.20. The van der Waals surface area contributed by atoms with Crippen LogP contribution < -0.4 is 5.32 Å². The average Bonchev–Trinajstić information content (AvgIpc) is 3.16. The topological polar surface area (TPSA) is 59.3 Å². The Morgan fingerprint density at radius 2 is 1.70 bits per heavy atom. The monoisotopic (exact) mass is 452 g/mol. The van der Waals surface area contributed by atoms with E-state index in [1.165, 1.54) is 12.1 Å². The third-order valence-electron chi connectivity index (χ3n) is 5.29. The minimum atomic E-state index is -4.61. The summed E-state index contributed by atoms with van der Waals surface area (Å²) in [6.07, 6.45) is -2.95. The van der Waals surface area contributed by atoms with E-state index in [9.17, 15) is 18.0 Å². The van der Waals surface area contributed by atoms with Crippen LogP contribution >= 0.6 is 0 Å². The van der Waals surface area contributed by atoms with Crippen LogP contribution in [0.25, 0.3) is 28.2 Å². The fourth-order valence-corrected chi connectivity index (χ4v) is 3.39. The van der Waals surface area contributed by atoms with Gasteiger partial charge in [0.25, 0.3) is 0 Å². The Balaban J connectivity index is 1.76. The zero-order chi connectivity index (χ0) is 24.0. The molecular formula is C25H23F3N4O. The Bertz CT molecular complexity index is 1350. The first kappa shape index (κ1) is 22.5. The van der Waals surface area contributed by atoms with Crippen molar-refractivity contribution >= 4 is 17.2 Å². The number of rotatable bonds is 3. The van der Waals surface area contributed by atoms with Gasteiger partial charge in [0, 0.05) is 16.5 Å². The molecule has 8 heteroatoms. The third-order valence-corrected chi connectivity index (χ3v) is 5.29. The summed E-state index contributed by atoms with van der Waals surface area (Å²) in [6.45, 7) is 6.91. The summed E-state index contributed by atoms with van der Waals surface area (Å²) < 4.78 is 42.3. The number of imidazole rings is 1. The van der Waals surface area contributed by atoms with Gasteiger partial charge in [-0.1, -0.05) is 51.1 Å². The molecule has 2 heterocycles. The SMILES string of the molecule is Cc1ccccc1-c1ccc2nc(-c3ccc(C(F)(F)F)c(NC(=O)C(C)(C)C)c3)cn2n1. The van der Waals surface area contributed by atoms with Crippen molar-refractivity contribution in [2.24, 2.45) is 5.41 Å². The molecule has 2 aromatic carbocycles. The van der Waals surface area contributed by atoms with E-state index in [0.717, 1.165) is 22.9 Å². The van der Waals surface area contributed by atoms with Crippen molar-refractivity contribution in [1.29, 1.82) is 0 Å². The van der Waals surface area contributed by atoms with Crippen molar-refractivity contribution < 1.29 is 18.0 Å². The molecule has 0 saturated carbocycles. The third kappa shape index (κ3) is 4.60. The number of benzene rings is 2. The first-order chi connectivity index (χ1) is 15.4. The molecule has 0 unspecified atom stereocenters. The number of amides is 1. The second-order valence-electron chi connectivity index (χ2n) is 8.92. The number of hydrogen-bond donors (Lipinski definition) is 1. The van der Waals surface area contributed by atoms with Crippen molar-refractivity contribution in [3.8, 4) is 22.5 Å². The van der Waals surface area contributed by atoms with Crippen LogP contribution in [-0.4, -0.2) is 20.5 Å². The number of nitrogens with zero attached hydrogens (tertiary/aromatic N) is 3. The molecule has 5 nitrogen and oxygen atoms in total. The van der Waals surface area contributed by atoms with E-state index in [1.807, 2.05) is 43.3 Å². The molecule has 0 aliphatic heterocycles. The number of halogens is 3. The molecule has 0 atom stereocenters. The van der Waals surface area contributed by atoms with Crippen molar-refractivity contribution in [1.82, 2.24) is 14.6 Å². The molecule has 1 N–H and O–H groups in total. The van der Waals surface area contributed by atoms with E-state index in [-0.39, 0.29) is 5.69 Å². The molecular weight excluding hydrogens is 429 g/mol. The number of aromatic nitrogens is 3. The Labute approximate surface area is 189 Å². The second-order valence-corrected chi connectivity index (χ2v) is 8.92. The molecule has 4 aromatic rings. The molecule has 0 aliphatic rings. The first-order valence-electron chi connectivity index (χ1n) is 10.4. The molecule has 0 fully saturated rings. The minimum absolute atomic E-state index is 0.300. The van der Waals surface area contributed by atoms with Crippen LogP contribution in [0.2, 0.25) is 0 Å².